The van der Waals surface area contributed by atoms with Gasteiger partial charge in [0.05, 0.1) is 6.54 Å². The van der Waals surface area contributed by atoms with Crippen LogP contribution in [0.3, 0.4) is 0 Å². The summed E-state index contributed by atoms with van der Waals surface area (Å²) in [7, 11) is 0. The highest BCUT2D eigenvalue weighted by atomic mass is 19.1. The predicted molar refractivity (Wildman–Crippen MR) is 107 cm³/mol. The molecule has 1 amide bonds. The summed E-state index contributed by atoms with van der Waals surface area (Å²) in [6, 6.07) is 13.1. The largest absolute Gasteiger partial charge is 0.351 e. The third-order valence-corrected chi connectivity index (χ3v) is 5.76. The van der Waals surface area contributed by atoms with Crippen molar-refractivity contribution in [3.05, 3.63) is 89.2 Å². The number of rotatable bonds is 6. The van der Waals surface area contributed by atoms with Crippen molar-refractivity contribution in [2.24, 2.45) is 0 Å². The van der Waals surface area contributed by atoms with E-state index in [2.05, 4.69) is 10.4 Å². The Morgan fingerprint density at radius 3 is 2.34 bits per heavy atom. The van der Waals surface area contributed by atoms with Crippen LogP contribution < -0.4 is 5.32 Å². The first-order valence-electron chi connectivity index (χ1n) is 9.86. The van der Waals surface area contributed by atoms with Gasteiger partial charge in [0.2, 0.25) is 0 Å². The van der Waals surface area contributed by atoms with Crippen LogP contribution in [0.25, 0.3) is 0 Å². The first-order chi connectivity index (χ1) is 14.1. The SMILES string of the molecule is O=C(NCC1(c2c(F)cccc2F)CCCC1)c1ccc(Cn2cccn2)cc1. The minimum atomic E-state index is -0.689. The maximum Gasteiger partial charge on any atom is 0.251 e. The Labute approximate surface area is 168 Å². The van der Waals surface area contributed by atoms with E-state index in [0.717, 1.165) is 18.4 Å². The van der Waals surface area contributed by atoms with Crippen molar-refractivity contribution in [3.63, 3.8) is 0 Å². The molecule has 1 N–H and O–H groups in total. The van der Waals surface area contributed by atoms with Gasteiger partial charge in [0, 0.05) is 35.5 Å². The van der Waals surface area contributed by atoms with Crippen LogP contribution in [0.5, 0.6) is 0 Å². The minimum absolute atomic E-state index is 0.104. The van der Waals surface area contributed by atoms with Gasteiger partial charge in [-0.05, 0) is 48.7 Å². The molecular formula is C23H23F2N3O. The van der Waals surface area contributed by atoms with Gasteiger partial charge >= 0.3 is 0 Å². The molecule has 29 heavy (non-hydrogen) atoms. The lowest BCUT2D eigenvalue weighted by atomic mass is 9.78. The summed E-state index contributed by atoms with van der Waals surface area (Å²) in [6.07, 6.45) is 6.71. The van der Waals surface area contributed by atoms with Crippen molar-refractivity contribution in [2.45, 2.75) is 37.6 Å². The average Bonchev–Trinajstić information content (AvgIpc) is 3.39. The summed E-state index contributed by atoms with van der Waals surface area (Å²) >= 11 is 0. The highest BCUT2D eigenvalue weighted by Gasteiger charge is 2.40. The van der Waals surface area contributed by atoms with Gasteiger partial charge in [0.1, 0.15) is 11.6 Å². The van der Waals surface area contributed by atoms with E-state index in [-0.39, 0.29) is 18.0 Å². The molecule has 0 unspecified atom stereocenters. The topological polar surface area (TPSA) is 46.9 Å². The Hall–Kier alpha value is -3.02. The first-order valence-corrected chi connectivity index (χ1v) is 9.86. The van der Waals surface area contributed by atoms with Crippen LogP contribution in [-0.4, -0.2) is 22.2 Å². The van der Waals surface area contributed by atoms with Crippen molar-refractivity contribution in [3.8, 4) is 0 Å². The van der Waals surface area contributed by atoms with Crippen LogP contribution in [0.4, 0.5) is 8.78 Å². The van der Waals surface area contributed by atoms with Crippen molar-refractivity contribution in [1.29, 1.82) is 0 Å². The fraction of sp³-hybridized carbons (Fsp3) is 0.304. The van der Waals surface area contributed by atoms with Gasteiger partial charge in [-0.2, -0.15) is 5.10 Å². The molecule has 0 spiro atoms. The molecule has 1 aromatic heterocycles. The fourth-order valence-corrected chi connectivity index (χ4v) is 4.27. The summed E-state index contributed by atoms with van der Waals surface area (Å²) in [5.41, 5.74) is 0.972. The molecule has 3 aromatic rings. The lowest BCUT2D eigenvalue weighted by Crippen LogP contribution is -2.40. The fourth-order valence-electron chi connectivity index (χ4n) is 4.27. The predicted octanol–water partition coefficient (Wildman–Crippen LogP) is 4.45. The quantitative estimate of drug-likeness (QED) is 0.670. The second kappa shape index (κ2) is 8.15. The van der Waals surface area contributed by atoms with E-state index >= 15 is 0 Å². The molecular weight excluding hydrogens is 372 g/mol. The van der Waals surface area contributed by atoms with Crippen LogP contribution in [-0.2, 0) is 12.0 Å². The number of nitrogens with zero attached hydrogens (tertiary/aromatic N) is 2. The molecule has 2 aromatic carbocycles. The number of hydrogen-bond donors (Lipinski definition) is 1. The minimum Gasteiger partial charge on any atom is -0.351 e. The van der Waals surface area contributed by atoms with Crippen LogP contribution in [0, 0.1) is 11.6 Å². The Morgan fingerprint density at radius 1 is 1.03 bits per heavy atom. The van der Waals surface area contributed by atoms with Gasteiger partial charge in [-0.15, -0.1) is 0 Å². The molecule has 1 heterocycles. The Balaban J connectivity index is 1.46. The second-order valence-corrected chi connectivity index (χ2v) is 7.67. The van der Waals surface area contributed by atoms with Gasteiger partial charge in [0.25, 0.3) is 5.91 Å². The van der Waals surface area contributed by atoms with E-state index in [1.54, 1.807) is 18.3 Å². The lowest BCUT2D eigenvalue weighted by molar-refractivity contribution is 0.0942. The molecule has 1 aliphatic carbocycles. The molecule has 1 aliphatic rings. The van der Waals surface area contributed by atoms with Crippen LogP contribution in [0.2, 0.25) is 0 Å². The van der Waals surface area contributed by atoms with Crippen molar-refractivity contribution in [2.75, 3.05) is 6.54 Å². The van der Waals surface area contributed by atoms with Gasteiger partial charge in [-0.25, -0.2) is 8.78 Å². The summed E-state index contributed by atoms with van der Waals surface area (Å²) in [6.45, 7) is 0.850. The molecule has 150 valence electrons. The van der Waals surface area contributed by atoms with Gasteiger partial charge in [-0.3, -0.25) is 9.48 Å². The molecule has 4 rings (SSSR count). The summed E-state index contributed by atoms with van der Waals surface area (Å²) < 4.78 is 30.7. The summed E-state index contributed by atoms with van der Waals surface area (Å²) in [5, 5.41) is 7.08. The number of halogens is 2. The molecule has 0 bridgehead atoms. The monoisotopic (exact) mass is 395 g/mol. The summed E-state index contributed by atoms with van der Waals surface area (Å²) in [4.78, 5) is 12.7. The Morgan fingerprint density at radius 2 is 1.72 bits per heavy atom. The molecule has 0 atom stereocenters. The van der Waals surface area contributed by atoms with E-state index in [1.807, 2.05) is 29.1 Å². The molecule has 1 saturated carbocycles. The van der Waals surface area contributed by atoms with E-state index in [4.69, 9.17) is 0 Å². The van der Waals surface area contributed by atoms with Gasteiger partial charge in [-0.1, -0.05) is 31.0 Å². The Kier molecular flexibility index (Phi) is 5.43. The van der Waals surface area contributed by atoms with E-state index < -0.39 is 17.0 Å². The number of benzene rings is 2. The summed E-state index contributed by atoms with van der Waals surface area (Å²) in [5.74, 6) is -1.31. The van der Waals surface area contributed by atoms with Crippen LogP contribution in [0.15, 0.2) is 60.9 Å². The number of carbonyl (C=O) groups is 1. The van der Waals surface area contributed by atoms with Crippen molar-refractivity contribution >= 4 is 5.91 Å². The number of nitrogens with one attached hydrogen (secondary N) is 1. The van der Waals surface area contributed by atoms with E-state index in [1.165, 1.54) is 18.2 Å². The maximum absolute atomic E-state index is 14.4. The number of amides is 1. The number of aromatic nitrogens is 2. The van der Waals surface area contributed by atoms with E-state index in [9.17, 15) is 13.6 Å². The van der Waals surface area contributed by atoms with Gasteiger partial charge < -0.3 is 5.32 Å². The maximum atomic E-state index is 14.4. The van der Waals surface area contributed by atoms with Crippen LogP contribution >= 0.6 is 0 Å². The van der Waals surface area contributed by atoms with Crippen molar-refractivity contribution < 1.29 is 13.6 Å². The average molecular weight is 395 g/mol. The Bertz CT molecular complexity index is 958. The molecule has 0 aliphatic heterocycles. The third kappa shape index (κ3) is 4.06. The lowest BCUT2D eigenvalue weighted by Gasteiger charge is -2.30. The van der Waals surface area contributed by atoms with Gasteiger partial charge in [0.15, 0.2) is 0 Å². The third-order valence-electron chi connectivity index (χ3n) is 5.76. The smallest absolute Gasteiger partial charge is 0.251 e. The standard InChI is InChI=1S/C23H23F2N3O/c24-19-5-3-6-20(25)21(19)23(11-1-2-12-23)16-26-22(29)18-9-7-17(8-10-18)15-28-14-4-13-27-28/h3-10,13-14H,1-2,11-12,15-16H2,(H,26,29). The van der Waals surface area contributed by atoms with Crippen LogP contribution in [0.1, 0.15) is 47.2 Å². The molecule has 1 fully saturated rings. The molecule has 0 saturated heterocycles. The second-order valence-electron chi connectivity index (χ2n) is 7.67. The highest BCUT2D eigenvalue weighted by molar-refractivity contribution is 5.94. The highest BCUT2D eigenvalue weighted by Crippen LogP contribution is 2.42. The van der Waals surface area contributed by atoms with E-state index in [0.29, 0.717) is 24.9 Å². The molecule has 0 radical (unpaired) electrons. The number of hydrogen-bond acceptors (Lipinski definition) is 2. The molecule has 4 nitrogen and oxygen atoms in total. The normalized spacial score (nSPS) is 15.4. The first kappa shape index (κ1) is 19.3. The number of carbonyl (C=O) groups excluding carboxylic acids is 1. The van der Waals surface area contributed by atoms with Crippen molar-refractivity contribution in [1.82, 2.24) is 15.1 Å². The zero-order valence-corrected chi connectivity index (χ0v) is 16.1. The zero-order valence-electron chi connectivity index (χ0n) is 16.1. The zero-order chi connectivity index (χ0) is 20.3. The molecule has 6 heteroatoms.